The van der Waals surface area contributed by atoms with Gasteiger partial charge in [0.1, 0.15) is 4.90 Å². The first-order valence-corrected chi connectivity index (χ1v) is 8.67. The van der Waals surface area contributed by atoms with E-state index in [9.17, 15) is 13.2 Å². The molecule has 0 amide bonds. The monoisotopic (exact) mass is 313 g/mol. The van der Waals surface area contributed by atoms with Crippen molar-refractivity contribution in [1.29, 1.82) is 0 Å². The molecule has 21 heavy (non-hydrogen) atoms. The van der Waals surface area contributed by atoms with Crippen LogP contribution in [0.5, 0.6) is 0 Å². The molecule has 1 aromatic rings. The first-order valence-electron chi connectivity index (χ1n) is 7.23. The maximum atomic E-state index is 12.9. The fourth-order valence-electron chi connectivity index (χ4n) is 3.70. The van der Waals surface area contributed by atoms with Crippen LogP contribution in [0.3, 0.4) is 0 Å². The van der Waals surface area contributed by atoms with E-state index in [1.54, 1.807) is 6.92 Å². The Bertz CT molecular complexity index is 667. The van der Waals surface area contributed by atoms with E-state index in [0.717, 1.165) is 32.1 Å². The van der Waals surface area contributed by atoms with Gasteiger partial charge >= 0.3 is 5.97 Å². The van der Waals surface area contributed by atoms with Crippen LogP contribution in [0.4, 0.5) is 0 Å². The SMILES string of the molecule is Cc1[nH]nc(C(=O)O)c1S(=O)(=O)N1CCCC2CCCC21. The van der Waals surface area contributed by atoms with Crippen LogP contribution in [0, 0.1) is 12.8 Å². The predicted molar refractivity (Wildman–Crippen MR) is 74.5 cm³/mol. The molecule has 1 aliphatic heterocycles. The van der Waals surface area contributed by atoms with Crippen LogP contribution in [0.2, 0.25) is 0 Å². The Morgan fingerprint density at radius 2 is 2.05 bits per heavy atom. The number of piperidine rings is 1. The zero-order chi connectivity index (χ0) is 15.2. The van der Waals surface area contributed by atoms with Gasteiger partial charge in [-0.25, -0.2) is 13.2 Å². The van der Waals surface area contributed by atoms with Crippen molar-refractivity contribution < 1.29 is 18.3 Å². The lowest BCUT2D eigenvalue weighted by molar-refractivity contribution is 0.0685. The second-order valence-electron chi connectivity index (χ2n) is 5.85. The van der Waals surface area contributed by atoms with E-state index in [0.29, 0.717) is 12.5 Å². The highest BCUT2D eigenvalue weighted by atomic mass is 32.2. The van der Waals surface area contributed by atoms with Gasteiger partial charge < -0.3 is 5.11 Å². The summed E-state index contributed by atoms with van der Waals surface area (Å²) in [5, 5.41) is 15.3. The Morgan fingerprint density at radius 3 is 2.76 bits per heavy atom. The maximum absolute atomic E-state index is 12.9. The molecule has 116 valence electrons. The minimum Gasteiger partial charge on any atom is -0.476 e. The molecule has 0 radical (unpaired) electrons. The summed E-state index contributed by atoms with van der Waals surface area (Å²) in [5.41, 5.74) is -0.125. The molecule has 2 fully saturated rings. The number of aromatic nitrogens is 2. The molecular weight excluding hydrogens is 294 g/mol. The van der Waals surface area contributed by atoms with Gasteiger partial charge in [-0.1, -0.05) is 6.42 Å². The molecule has 1 aromatic heterocycles. The van der Waals surface area contributed by atoms with E-state index in [-0.39, 0.29) is 16.6 Å². The second-order valence-corrected chi connectivity index (χ2v) is 7.68. The zero-order valence-electron chi connectivity index (χ0n) is 11.9. The van der Waals surface area contributed by atoms with Gasteiger partial charge in [-0.15, -0.1) is 0 Å². The summed E-state index contributed by atoms with van der Waals surface area (Å²) in [7, 11) is -3.82. The van der Waals surface area contributed by atoms with Gasteiger partial charge in [-0.3, -0.25) is 5.10 Å². The van der Waals surface area contributed by atoms with Crippen molar-refractivity contribution in [2.75, 3.05) is 6.54 Å². The number of hydrogen-bond donors (Lipinski definition) is 2. The van der Waals surface area contributed by atoms with Gasteiger partial charge in [0.25, 0.3) is 0 Å². The molecule has 1 aliphatic carbocycles. The minimum atomic E-state index is -3.82. The molecule has 7 nitrogen and oxygen atoms in total. The third-order valence-corrected chi connectivity index (χ3v) is 6.69. The van der Waals surface area contributed by atoms with Gasteiger partial charge in [0.15, 0.2) is 5.69 Å². The third-order valence-electron chi connectivity index (χ3n) is 4.60. The van der Waals surface area contributed by atoms with Crippen LogP contribution in [-0.2, 0) is 10.0 Å². The Morgan fingerprint density at radius 1 is 1.33 bits per heavy atom. The topological polar surface area (TPSA) is 103 Å². The minimum absolute atomic E-state index is 0.0136. The highest BCUT2D eigenvalue weighted by molar-refractivity contribution is 7.89. The number of nitrogens with one attached hydrogen (secondary N) is 1. The lowest BCUT2D eigenvalue weighted by Crippen LogP contribution is -2.46. The number of H-pyrrole nitrogens is 1. The number of carboxylic acid groups (broad SMARTS) is 1. The van der Waals surface area contributed by atoms with Crippen LogP contribution in [-0.4, -0.2) is 46.6 Å². The van der Waals surface area contributed by atoms with E-state index in [1.807, 2.05) is 0 Å². The third kappa shape index (κ3) is 2.26. The molecule has 1 saturated carbocycles. The fourth-order valence-corrected chi connectivity index (χ4v) is 5.75. The van der Waals surface area contributed by atoms with Crippen LogP contribution < -0.4 is 0 Å². The number of aryl methyl sites for hydroxylation is 1. The Hall–Kier alpha value is -1.41. The van der Waals surface area contributed by atoms with Crippen molar-refractivity contribution in [2.45, 2.75) is 50.0 Å². The van der Waals surface area contributed by atoms with Crippen LogP contribution >= 0.6 is 0 Å². The molecule has 2 aliphatic rings. The smallest absolute Gasteiger partial charge is 0.357 e. The highest BCUT2D eigenvalue weighted by Gasteiger charge is 2.43. The highest BCUT2D eigenvalue weighted by Crippen LogP contribution is 2.40. The summed E-state index contributed by atoms with van der Waals surface area (Å²) in [5.74, 6) is -0.910. The van der Waals surface area contributed by atoms with Gasteiger partial charge in [0.2, 0.25) is 10.0 Å². The van der Waals surface area contributed by atoms with Crippen molar-refractivity contribution in [3.8, 4) is 0 Å². The summed E-state index contributed by atoms with van der Waals surface area (Å²) in [4.78, 5) is 11.0. The number of sulfonamides is 1. The number of fused-ring (bicyclic) bond motifs is 1. The largest absolute Gasteiger partial charge is 0.476 e. The fraction of sp³-hybridized carbons (Fsp3) is 0.692. The summed E-state index contributed by atoms with van der Waals surface area (Å²) in [6.45, 7) is 2.01. The van der Waals surface area contributed by atoms with Gasteiger partial charge in [-0.2, -0.15) is 9.40 Å². The molecule has 0 bridgehead atoms. The standard InChI is InChI=1S/C13H19N3O4S/c1-8-12(11(13(17)18)15-14-8)21(19,20)16-7-3-5-9-4-2-6-10(9)16/h9-10H,2-7H2,1H3,(H,14,15)(H,17,18). The number of carboxylic acids is 1. The van der Waals surface area contributed by atoms with Crippen molar-refractivity contribution in [3.63, 3.8) is 0 Å². The average Bonchev–Trinajstić information content (AvgIpc) is 3.03. The summed E-state index contributed by atoms with van der Waals surface area (Å²) < 4.78 is 27.4. The van der Waals surface area contributed by atoms with Gasteiger partial charge in [0, 0.05) is 12.6 Å². The number of aromatic amines is 1. The molecule has 3 rings (SSSR count). The normalized spacial score (nSPS) is 26.7. The van der Waals surface area contributed by atoms with Gasteiger partial charge in [-0.05, 0) is 38.5 Å². The van der Waals surface area contributed by atoms with Crippen LogP contribution in [0.25, 0.3) is 0 Å². The molecule has 2 heterocycles. The number of rotatable bonds is 3. The quantitative estimate of drug-likeness (QED) is 0.877. The molecule has 8 heteroatoms. The Balaban J connectivity index is 2.04. The van der Waals surface area contributed by atoms with Crippen molar-refractivity contribution in [3.05, 3.63) is 11.4 Å². The van der Waals surface area contributed by atoms with Crippen LogP contribution in [0.1, 0.15) is 48.3 Å². The Kier molecular flexibility index (Phi) is 3.53. The molecular formula is C13H19N3O4S. The number of aromatic carboxylic acids is 1. The summed E-state index contributed by atoms with van der Waals surface area (Å²) >= 11 is 0. The zero-order valence-corrected chi connectivity index (χ0v) is 12.7. The van der Waals surface area contributed by atoms with E-state index in [4.69, 9.17) is 5.11 Å². The molecule has 2 N–H and O–H groups in total. The first kappa shape index (κ1) is 14.5. The van der Waals surface area contributed by atoms with E-state index < -0.39 is 21.7 Å². The molecule has 0 spiro atoms. The van der Waals surface area contributed by atoms with Crippen molar-refractivity contribution in [2.24, 2.45) is 5.92 Å². The average molecular weight is 313 g/mol. The summed E-state index contributed by atoms with van der Waals surface area (Å²) in [6.07, 6.45) is 4.86. The number of nitrogens with zero attached hydrogens (tertiary/aromatic N) is 2. The van der Waals surface area contributed by atoms with Crippen molar-refractivity contribution >= 4 is 16.0 Å². The predicted octanol–water partition coefficient (Wildman–Crippen LogP) is 1.37. The van der Waals surface area contributed by atoms with Crippen LogP contribution in [0.15, 0.2) is 4.90 Å². The lowest BCUT2D eigenvalue weighted by Gasteiger charge is -2.36. The number of carbonyl (C=O) groups is 1. The molecule has 0 aromatic carbocycles. The first-order chi connectivity index (χ1) is 9.93. The summed E-state index contributed by atoms with van der Waals surface area (Å²) in [6, 6.07) is 0.0136. The molecule has 2 atom stereocenters. The molecule has 1 saturated heterocycles. The molecule has 2 unspecified atom stereocenters. The lowest BCUT2D eigenvalue weighted by atomic mass is 9.94. The van der Waals surface area contributed by atoms with Crippen molar-refractivity contribution in [1.82, 2.24) is 14.5 Å². The second kappa shape index (κ2) is 5.10. The van der Waals surface area contributed by atoms with E-state index >= 15 is 0 Å². The van der Waals surface area contributed by atoms with E-state index in [1.165, 1.54) is 4.31 Å². The number of hydrogen-bond acceptors (Lipinski definition) is 4. The van der Waals surface area contributed by atoms with Gasteiger partial charge in [0.05, 0.1) is 5.69 Å². The van der Waals surface area contributed by atoms with E-state index in [2.05, 4.69) is 10.2 Å². The Labute approximate surface area is 123 Å². The maximum Gasteiger partial charge on any atom is 0.357 e.